The van der Waals surface area contributed by atoms with Gasteiger partial charge in [0.2, 0.25) is 11.8 Å². The third-order valence-electron chi connectivity index (χ3n) is 2.55. The zero-order chi connectivity index (χ0) is 10.8. The van der Waals surface area contributed by atoms with E-state index in [1.165, 1.54) is 6.42 Å². The van der Waals surface area contributed by atoms with Crippen molar-refractivity contribution >= 4 is 5.95 Å². The molecule has 1 aromatic rings. The van der Waals surface area contributed by atoms with Crippen LogP contribution in [-0.4, -0.2) is 22.6 Å². The molecule has 1 heterocycles. The minimum absolute atomic E-state index is 0.543. The fourth-order valence-corrected chi connectivity index (χ4v) is 1.52. The molecule has 0 spiro atoms. The monoisotopic (exact) mass is 207 g/mol. The van der Waals surface area contributed by atoms with E-state index in [1.807, 2.05) is 19.9 Å². The zero-order valence-electron chi connectivity index (χ0n) is 9.45. The Kier molecular flexibility index (Phi) is 2.75. The SMILES string of the molecule is CCOc1cc(C)nc(NC2CC2C)n1. The zero-order valence-corrected chi connectivity index (χ0v) is 9.45. The maximum atomic E-state index is 5.37. The third-order valence-corrected chi connectivity index (χ3v) is 2.55. The lowest BCUT2D eigenvalue weighted by Gasteiger charge is -2.07. The van der Waals surface area contributed by atoms with E-state index in [0.29, 0.717) is 24.5 Å². The van der Waals surface area contributed by atoms with Gasteiger partial charge in [0.1, 0.15) is 0 Å². The van der Waals surface area contributed by atoms with E-state index >= 15 is 0 Å². The summed E-state index contributed by atoms with van der Waals surface area (Å²) in [5.74, 6) is 2.08. The Morgan fingerprint density at radius 3 is 2.87 bits per heavy atom. The van der Waals surface area contributed by atoms with Crippen molar-refractivity contribution in [1.29, 1.82) is 0 Å². The highest BCUT2D eigenvalue weighted by Gasteiger charge is 2.33. The lowest BCUT2D eigenvalue weighted by Crippen LogP contribution is -2.09. The van der Waals surface area contributed by atoms with E-state index in [4.69, 9.17) is 4.74 Å². The first-order chi connectivity index (χ1) is 7.19. The third kappa shape index (κ3) is 2.58. The van der Waals surface area contributed by atoms with Gasteiger partial charge in [-0.3, -0.25) is 0 Å². The predicted octanol–water partition coefficient (Wildman–Crippen LogP) is 2.00. The maximum Gasteiger partial charge on any atom is 0.226 e. The average Bonchev–Trinajstić information content (AvgIpc) is 2.81. The molecule has 1 saturated carbocycles. The van der Waals surface area contributed by atoms with E-state index in [-0.39, 0.29) is 0 Å². The van der Waals surface area contributed by atoms with Crippen LogP contribution in [0.4, 0.5) is 5.95 Å². The number of hydrogen-bond acceptors (Lipinski definition) is 4. The molecule has 2 unspecified atom stereocenters. The summed E-state index contributed by atoms with van der Waals surface area (Å²) in [7, 11) is 0. The summed E-state index contributed by atoms with van der Waals surface area (Å²) in [4.78, 5) is 8.62. The lowest BCUT2D eigenvalue weighted by molar-refractivity contribution is 0.326. The number of nitrogens with one attached hydrogen (secondary N) is 1. The standard InChI is InChI=1S/C11H17N3O/c1-4-15-10-6-8(3)12-11(14-10)13-9-5-7(9)2/h6-7,9H,4-5H2,1-3H3,(H,12,13,14). The van der Waals surface area contributed by atoms with E-state index in [1.54, 1.807) is 0 Å². The molecule has 0 amide bonds. The van der Waals surface area contributed by atoms with Gasteiger partial charge in [0.25, 0.3) is 0 Å². The number of aryl methyl sites for hydroxylation is 1. The van der Waals surface area contributed by atoms with Crippen molar-refractivity contribution in [3.63, 3.8) is 0 Å². The normalized spacial score (nSPS) is 23.7. The number of anilines is 1. The highest BCUT2D eigenvalue weighted by molar-refractivity contribution is 5.33. The molecule has 0 saturated heterocycles. The van der Waals surface area contributed by atoms with Gasteiger partial charge in [-0.25, -0.2) is 4.98 Å². The Hall–Kier alpha value is -1.32. The van der Waals surface area contributed by atoms with Gasteiger partial charge in [-0.2, -0.15) is 4.98 Å². The van der Waals surface area contributed by atoms with E-state index < -0.39 is 0 Å². The summed E-state index contributed by atoms with van der Waals surface area (Å²) in [5.41, 5.74) is 0.934. The smallest absolute Gasteiger partial charge is 0.226 e. The van der Waals surface area contributed by atoms with E-state index in [2.05, 4.69) is 22.2 Å². The Morgan fingerprint density at radius 2 is 2.27 bits per heavy atom. The minimum Gasteiger partial charge on any atom is -0.478 e. The topological polar surface area (TPSA) is 47.0 Å². The van der Waals surface area contributed by atoms with Crippen molar-refractivity contribution in [2.75, 3.05) is 11.9 Å². The van der Waals surface area contributed by atoms with Gasteiger partial charge >= 0.3 is 0 Å². The van der Waals surface area contributed by atoms with Crippen LogP contribution in [0.3, 0.4) is 0 Å². The molecule has 1 N–H and O–H groups in total. The second-order valence-electron chi connectivity index (χ2n) is 4.07. The first kappa shape index (κ1) is 10.2. The molecular weight excluding hydrogens is 190 g/mol. The average molecular weight is 207 g/mol. The van der Waals surface area contributed by atoms with Crippen LogP contribution in [-0.2, 0) is 0 Å². The van der Waals surface area contributed by atoms with Crippen LogP contribution in [0, 0.1) is 12.8 Å². The van der Waals surface area contributed by atoms with Gasteiger partial charge in [0.05, 0.1) is 6.61 Å². The molecule has 82 valence electrons. The number of aromatic nitrogens is 2. The van der Waals surface area contributed by atoms with Gasteiger partial charge in [-0.05, 0) is 26.2 Å². The van der Waals surface area contributed by atoms with Crippen LogP contribution < -0.4 is 10.1 Å². The molecule has 1 aliphatic rings. The number of rotatable bonds is 4. The van der Waals surface area contributed by atoms with E-state index in [9.17, 15) is 0 Å². The van der Waals surface area contributed by atoms with Crippen molar-refractivity contribution in [3.05, 3.63) is 11.8 Å². The largest absolute Gasteiger partial charge is 0.478 e. The molecular formula is C11H17N3O. The molecule has 2 atom stereocenters. The summed E-state index contributed by atoms with van der Waals surface area (Å²) in [6.45, 7) is 6.76. The highest BCUT2D eigenvalue weighted by Crippen LogP contribution is 2.32. The second kappa shape index (κ2) is 4.04. The summed E-state index contributed by atoms with van der Waals surface area (Å²) >= 11 is 0. The molecule has 0 bridgehead atoms. The molecule has 2 rings (SSSR count). The number of ether oxygens (including phenoxy) is 1. The van der Waals surface area contributed by atoms with Crippen LogP contribution in [0.15, 0.2) is 6.07 Å². The number of hydrogen-bond donors (Lipinski definition) is 1. The van der Waals surface area contributed by atoms with Crippen molar-refractivity contribution in [3.8, 4) is 5.88 Å². The maximum absolute atomic E-state index is 5.37. The molecule has 0 aliphatic heterocycles. The Morgan fingerprint density at radius 1 is 1.53 bits per heavy atom. The highest BCUT2D eigenvalue weighted by atomic mass is 16.5. The Bertz CT molecular complexity index is 354. The van der Waals surface area contributed by atoms with Crippen LogP contribution in [0.2, 0.25) is 0 Å². The van der Waals surface area contributed by atoms with Crippen LogP contribution in [0.5, 0.6) is 5.88 Å². The molecule has 4 heteroatoms. The van der Waals surface area contributed by atoms with Crippen LogP contribution in [0.25, 0.3) is 0 Å². The number of nitrogens with zero attached hydrogens (tertiary/aromatic N) is 2. The fraction of sp³-hybridized carbons (Fsp3) is 0.636. The molecule has 15 heavy (non-hydrogen) atoms. The molecule has 0 radical (unpaired) electrons. The Labute approximate surface area is 90.1 Å². The minimum atomic E-state index is 0.543. The van der Waals surface area contributed by atoms with Crippen molar-refractivity contribution in [2.45, 2.75) is 33.2 Å². The van der Waals surface area contributed by atoms with Crippen molar-refractivity contribution in [1.82, 2.24) is 9.97 Å². The van der Waals surface area contributed by atoms with Gasteiger partial charge in [-0.15, -0.1) is 0 Å². The molecule has 0 aromatic carbocycles. The Balaban J connectivity index is 2.08. The molecule has 1 fully saturated rings. The molecule has 1 aliphatic carbocycles. The summed E-state index contributed by atoms with van der Waals surface area (Å²) in [6.07, 6.45) is 1.21. The van der Waals surface area contributed by atoms with Crippen LogP contribution in [0.1, 0.15) is 26.0 Å². The van der Waals surface area contributed by atoms with Crippen molar-refractivity contribution < 1.29 is 4.74 Å². The predicted molar refractivity (Wildman–Crippen MR) is 59.1 cm³/mol. The summed E-state index contributed by atoms with van der Waals surface area (Å²) in [5, 5.41) is 3.30. The fourth-order valence-electron chi connectivity index (χ4n) is 1.52. The van der Waals surface area contributed by atoms with Gasteiger partial charge < -0.3 is 10.1 Å². The lowest BCUT2D eigenvalue weighted by atomic mass is 10.4. The van der Waals surface area contributed by atoms with Gasteiger partial charge in [-0.1, -0.05) is 6.92 Å². The first-order valence-corrected chi connectivity index (χ1v) is 5.44. The molecule has 4 nitrogen and oxygen atoms in total. The second-order valence-corrected chi connectivity index (χ2v) is 4.07. The van der Waals surface area contributed by atoms with Gasteiger partial charge in [0.15, 0.2) is 0 Å². The van der Waals surface area contributed by atoms with E-state index in [0.717, 1.165) is 11.6 Å². The first-order valence-electron chi connectivity index (χ1n) is 5.44. The summed E-state index contributed by atoms with van der Waals surface area (Å²) < 4.78 is 5.37. The van der Waals surface area contributed by atoms with Crippen LogP contribution >= 0.6 is 0 Å². The summed E-state index contributed by atoms with van der Waals surface area (Å²) in [6, 6.07) is 2.40. The van der Waals surface area contributed by atoms with Crippen molar-refractivity contribution in [2.24, 2.45) is 5.92 Å². The quantitative estimate of drug-likeness (QED) is 0.820. The van der Waals surface area contributed by atoms with Gasteiger partial charge in [0, 0.05) is 17.8 Å². The molecule has 1 aromatic heterocycles.